The minimum Gasteiger partial charge on any atom is -0.491 e. The fourth-order valence-electron chi connectivity index (χ4n) is 4.12. The smallest absolute Gasteiger partial charge is 0.229 e. The highest BCUT2D eigenvalue weighted by Crippen LogP contribution is 2.28. The van der Waals surface area contributed by atoms with Crippen LogP contribution in [0.2, 0.25) is 0 Å². The summed E-state index contributed by atoms with van der Waals surface area (Å²) >= 11 is 0. The highest BCUT2D eigenvalue weighted by atomic mass is 16.5. The SMILES string of the molecule is Cc1ccc(C)n1-c1ccc(NC(=O)[C@@H]2CC(=O)N(c3ccc(OC(C)C)cc3)C2)cc1. The molecule has 0 bridgehead atoms. The third-order valence-electron chi connectivity index (χ3n) is 5.68. The van der Waals surface area contributed by atoms with Gasteiger partial charge in [0.05, 0.1) is 12.0 Å². The molecule has 0 unspecified atom stereocenters. The van der Waals surface area contributed by atoms with Gasteiger partial charge >= 0.3 is 0 Å². The second-order valence-corrected chi connectivity index (χ2v) is 8.55. The first-order valence-corrected chi connectivity index (χ1v) is 10.9. The van der Waals surface area contributed by atoms with E-state index in [-0.39, 0.29) is 30.3 Å². The molecule has 0 saturated carbocycles. The summed E-state index contributed by atoms with van der Waals surface area (Å²) < 4.78 is 7.82. The van der Waals surface area contributed by atoms with Gasteiger partial charge in [-0.05, 0) is 88.4 Å². The molecule has 1 aromatic heterocycles. The van der Waals surface area contributed by atoms with Crippen LogP contribution in [0.25, 0.3) is 5.69 Å². The van der Waals surface area contributed by atoms with Crippen LogP contribution in [0.5, 0.6) is 5.75 Å². The molecule has 3 aromatic rings. The summed E-state index contributed by atoms with van der Waals surface area (Å²) in [6.45, 7) is 8.44. The number of nitrogens with one attached hydrogen (secondary N) is 1. The molecular formula is C26H29N3O3. The van der Waals surface area contributed by atoms with Crippen molar-refractivity contribution in [2.24, 2.45) is 5.92 Å². The topological polar surface area (TPSA) is 63.6 Å². The van der Waals surface area contributed by atoms with Crippen LogP contribution in [0.4, 0.5) is 11.4 Å². The molecule has 0 aliphatic carbocycles. The van der Waals surface area contributed by atoms with Gasteiger partial charge in [-0.3, -0.25) is 9.59 Å². The number of carbonyl (C=O) groups is 2. The summed E-state index contributed by atoms with van der Waals surface area (Å²) in [5, 5.41) is 2.96. The molecule has 166 valence electrons. The van der Waals surface area contributed by atoms with Crippen molar-refractivity contribution in [3.05, 3.63) is 72.1 Å². The summed E-state index contributed by atoms with van der Waals surface area (Å²) in [7, 11) is 0. The monoisotopic (exact) mass is 431 g/mol. The first-order valence-electron chi connectivity index (χ1n) is 10.9. The Morgan fingerprint density at radius 2 is 1.53 bits per heavy atom. The third-order valence-corrected chi connectivity index (χ3v) is 5.68. The van der Waals surface area contributed by atoms with E-state index in [2.05, 4.69) is 35.9 Å². The molecule has 1 aliphatic rings. The van der Waals surface area contributed by atoms with Gasteiger partial charge in [0.1, 0.15) is 5.75 Å². The van der Waals surface area contributed by atoms with Gasteiger partial charge in [-0.25, -0.2) is 0 Å². The quantitative estimate of drug-likeness (QED) is 0.605. The Kier molecular flexibility index (Phi) is 6.04. The predicted molar refractivity (Wildman–Crippen MR) is 127 cm³/mol. The lowest BCUT2D eigenvalue weighted by Crippen LogP contribution is -2.28. The van der Waals surface area contributed by atoms with Crippen LogP contribution in [0.3, 0.4) is 0 Å². The highest BCUT2D eigenvalue weighted by molar-refractivity contribution is 6.03. The Hall–Kier alpha value is -3.54. The molecule has 1 N–H and O–H groups in total. The van der Waals surface area contributed by atoms with Crippen LogP contribution in [0, 0.1) is 19.8 Å². The minimum atomic E-state index is -0.386. The Balaban J connectivity index is 1.39. The Labute approximate surface area is 188 Å². The minimum absolute atomic E-state index is 0.0448. The molecule has 6 heteroatoms. The maximum absolute atomic E-state index is 12.8. The maximum atomic E-state index is 12.8. The van der Waals surface area contributed by atoms with E-state index >= 15 is 0 Å². The number of rotatable bonds is 6. The first-order chi connectivity index (χ1) is 15.3. The fourth-order valence-corrected chi connectivity index (χ4v) is 4.12. The number of hydrogen-bond acceptors (Lipinski definition) is 3. The number of benzene rings is 2. The van der Waals surface area contributed by atoms with Gasteiger partial charge in [-0.1, -0.05) is 0 Å². The largest absolute Gasteiger partial charge is 0.491 e. The summed E-state index contributed by atoms with van der Waals surface area (Å²) in [6, 6.07) is 19.4. The van der Waals surface area contributed by atoms with Gasteiger partial charge in [0.2, 0.25) is 11.8 Å². The van der Waals surface area contributed by atoms with Gasteiger partial charge in [0.25, 0.3) is 0 Å². The maximum Gasteiger partial charge on any atom is 0.229 e. The van der Waals surface area contributed by atoms with Gasteiger partial charge < -0.3 is 19.5 Å². The van der Waals surface area contributed by atoms with E-state index in [9.17, 15) is 9.59 Å². The van der Waals surface area contributed by atoms with E-state index in [1.165, 1.54) is 0 Å². The van der Waals surface area contributed by atoms with E-state index in [4.69, 9.17) is 4.74 Å². The first kappa shape index (κ1) is 21.7. The average molecular weight is 432 g/mol. The fraction of sp³-hybridized carbons (Fsp3) is 0.308. The molecule has 4 rings (SSSR count). The second-order valence-electron chi connectivity index (χ2n) is 8.55. The van der Waals surface area contributed by atoms with Gasteiger partial charge in [-0.2, -0.15) is 0 Å². The lowest BCUT2D eigenvalue weighted by Gasteiger charge is -2.18. The number of nitrogens with zero attached hydrogens (tertiary/aromatic N) is 2. The van der Waals surface area contributed by atoms with E-state index < -0.39 is 0 Å². The van der Waals surface area contributed by atoms with Crippen molar-refractivity contribution in [1.82, 2.24) is 4.57 Å². The number of aromatic nitrogens is 1. The molecular weight excluding hydrogens is 402 g/mol. The van der Waals surface area contributed by atoms with Crippen molar-refractivity contribution in [2.75, 3.05) is 16.8 Å². The summed E-state index contributed by atoms with van der Waals surface area (Å²) in [4.78, 5) is 27.0. The molecule has 0 radical (unpaired) electrons. The van der Waals surface area contributed by atoms with E-state index in [1.54, 1.807) is 4.90 Å². The predicted octanol–water partition coefficient (Wildman–Crippen LogP) is 4.87. The molecule has 2 heterocycles. The van der Waals surface area contributed by atoms with Crippen LogP contribution >= 0.6 is 0 Å². The van der Waals surface area contributed by atoms with E-state index in [0.717, 1.165) is 34.2 Å². The number of aryl methyl sites for hydroxylation is 2. The number of carbonyl (C=O) groups excluding carboxylic acids is 2. The van der Waals surface area contributed by atoms with Crippen molar-refractivity contribution >= 4 is 23.2 Å². The van der Waals surface area contributed by atoms with Crippen LogP contribution in [0.1, 0.15) is 31.7 Å². The van der Waals surface area contributed by atoms with Crippen molar-refractivity contribution in [2.45, 2.75) is 40.2 Å². The number of amides is 2. The van der Waals surface area contributed by atoms with Crippen LogP contribution in [-0.4, -0.2) is 29.0 Å². The Morgan fingerprint density at radius 3 is 2.12 bits per heavy atom. The Bertz CT molecular complexity index is 1090. The Morgan fingerprint density at radius 1 is 0.938 bits per heavy atom. The molecule has 1 aliphatic heterocycles. The van der Waals surface area contributed by atoms with Gasteiger partial charge in [-0.15, -0.1) is 0 Å². The normalized spacial score (nSPS) is 16.0. The molecule has 1 atom stereocenters. The molecule has 2 amide bonds. The average Bonchev–Trinajstić information content (AvgIpc) is 3.31. The third kappa shape index (κ3) is 4.54. The molecule has 1 saturated heterocycles. The zero-order valence-corrected chi connectivity index (χ0v) is 19.0. The zero-order valence-electron chi connectivity index (χ0n) is 19.0. The highest BCUT2D eigenvalue weighted by Gasteiger charge is 2.35. The second kappa shape index (κ2) is 8.91. The van der Waals surface area contributed by atoms with E-state index in [1.807, 2.05) is 62.4 Å². The van der Waals surface area contributed by atoms with Crippen molar-refractivity contribution in [1.29, 1.82) is 0 Å². The summed E-state index contributed by atoms with van der Waals surface area (Å²) in [5.41, 5.74) is 4.88. The number of ether oxygens (including phenoxy) is 1. The lowest BCUT2D eigenvalue weighted by atomic mass is 10.1. The van der Waals surface area contributed by atoms with Crippen LogP contribution in [0.15, 0.2) is 60.7 Å². The molecule has 32 heavy (non-hydrogen) atoms. The van der Waals surface area contributed by atoms with Crippen LogP contribution < -0.4 is 15.0 Å². The number of anilines is 2. The van der Waals surface area contributed by atoms with Gasteiger partial charge in [0.15, 0.2) is 0 Å². The molecule has 0 spiro atoms. The molecule has 2 aromatic carbocycles. The standard InChI is InChI=1S/C26H29N3O3/c1-17(2)32-24-13-11-22(12-14-24)28-16-20(15-25(28)30)26(31)27-21-7-9-23(10-8-21)29-18(3)5-6-19(29)4/h5-14,17,20H,15-16H2,1-4H3,(H,27,31)/t20-/m1/s1. The number of hydrogen-bond donors (Lipinski definition) is 1. The lowest BCUT2D eigenvalue weighted by molar-refractivity contribution is -0.122. The van der Waals surface area contributed by atoms with Crippen molar-refractivity contribution < 1.29 is 14.3 Å². The van der Waals surface area contributed by atoms with Gasteiger partial charge in [0, 0.05) is 41.4 Å². The van der Waals surface area contributed by atoms with Crippen molar-refractivity contribution in [3.63, 3.8) is 0 Å². The summed E-state index contributed by atoms with van der Waals surface area (Å²) in [6.07, 6.45) is 0.295. The van der Waals surface area contributed by atoms with Crippen molar-refractivity contribution in [3.8, 4) is 11.4 Å². The van der Waals surface area contributed by atoms with E-state index in [0.29, 0.717) is 6.54 Å². The zero-order chi connectivity index (χ0) is 22.8. The summed E-state index contributed by atoms with van der Waals surface area (Å²) in [5.74, 6) is 0.194. The molecule has 6 nitrogen and oxygen atoms in total. The van der Waals surface area contributed by atoms with Crippen LogP contribution in [-0.2, 0) is 9.59 Å². The molecule has 1 fully saturated rings.